The number of aromatic nitrogens is 1. The smallest absolute Gasteiger partial charge is 0.133 e. The minimum atomic E-state index is 0.749. The lowest BCUT2D eigenvalue weighted by Crippen LogP contribution is -2.27. The van der Waals surface area contributed by atoms with Crippen molar-refractivity contribution in [2.75, 3.05) is 38.3 Å². The molecule has 4 heteroatoms. The Balaban J connectivity index is 1.98. The van der Waals surface area contributed by atoms with Crippen molar-refractivity contribution in [1.29, 1.82) is 0 Å². The third-order valence-electron chi connectivity index (χ3n) is 3.57. The summed E-state index contributed by atoms with van der Waals surface area (Å²) in [6.07, 6.45) is 7.18. The fourth-order valence-corrected chi connectivity index (χ4v) is 2.53. The van der Waals surface area contributed by atoms with Gasteiger partial charge in [-0.1, -0.05) is 18.9 Å². The van der Waals surface area contributed by atoms with E-state index < -0.39 is 0 Å². The van der Waals surface area contributed by atoms with Crippen LogP contribution in [-0.4, -0.2) is 38.3 Å². The Bertz CT molecular complexity index is 362. The minimum Gasteiger partial charge on any atom is -0.383 e. The first kappa shape index (κ1) is 14.3. The molecule has 1 aromatic heterocycles. The molecule has 19 heavy (non-hydrogen) atoms. The molecule has 1 saturated heterocycles. The van der Waals surface area contributed by atoms with Gasteiger partial charge in [-0.05, 0) is 18.9 Å². The molecule has 1 N–H and O–H groups in total. The zero-order valence-corrected chi connectivity index (χ0v) is 11.9. The SMILES string of the molecule is COCCNCc1cccnc1N1CCCCCC1. The third kappa shape index (κ3) is 4.48. The zero-order valence-electron chi connectivity index (χ0n) is 11.9. The molecule has 0 radical (unpaired) electrons. The molecule has 0 amide bonds. The van der Waals surface area contributed by atoms with E-state index in [0.717, 1.165) is 38.6 Å². The summed E-state index contributed by atoms with van der Waals surface area (Å²) in [5.41, 5.74) is 1.29. The molecule has 4 nitrogen and oxygen atoms in total. The first-order chi connectivity index (χ1) is 9.42. The molecule has 2 rings (SSSR count). The zero-order chi connectivity index (χ0) is 13.3. The van der Waals surface area contributed by atoms with E-state index in [4.69, 9.17) is 4.74 Å². The summed E-state index contributed by atoms with van der Waals surface area (Å²) in [5, 5.41) is 3.41. The van der Waals surface area contributed by atoms with Crippen molar-refractivity contribution in [3.05, 3.63) is 23.9 Å². The van der Waals surface area contributed by atoms with Gasteiger partial charge in [0.25, 0.3) is 0 Å². The van der Waals surface area contributed by atoms with Crippen LogP contribution in [0, 0.1) is 0 Å². The molecule has 2 heterocycles. The number of hydrogen-bond acceptors (Lipinski definition) is 4. The number of nitrogens with zero attached hydrogens (tertiary/aromatic N) is 2. The topological polar surface area (TPSA) is 37.4 Å². The molecule has 0 unspecified atom stereocenters. The fourth-order valence-electron chi connectivity index (χ4n) is 2.53. The summed E-state index contributed by atoms with van der Waals surface area (Å²) in [4.78, 5) is 7.04. The number of methoxy groups -OCH3 is 1. The average molecular weight is 263 g/mol. The molecule has 0 spiro atoms. The van der Waals surface area contributed by atoms with Gasteiger partial charge in [0.05, 0.1) is 6.61 Å². The second-order valence-electron chi connectivity index (χ2n) is 5.06. The van der Waals surface area contributed by atoms with Crippen LogP contribution in [0.3, 0.4) is 0 Å². The standard InChI is InChI=1S/C15H25N3O/c1-19-12-9-16-13-14-7-6-8-17-15(14)18-10-4-2-3-5-11-18/h6-8,16H,2-5,9-13H2,1H3. The van der Waals surface area contributed by atoms with Gasteiger partial charge in [0.2, 0.25) is 0 Å². The Hall–Kier alpha value is -1.13. The Morgan fingerprint density at radius 2 is 2.05 bits per heavy atom. The third-order valence-corrected chi connectivity index (χ3v) is 3.57. The lowest BCUT2D eigenvalue weighted by atomic mass is 10.2. The molecule has 0 aromatic carbocycles. The van der Waals surface area contributed by atoms with Crippen LogP contribution in [0.5, 0.6) is 0 Å². The van der Waals surface area contributed by atoms with E-state index in [1.807, 2.05) is 12.3 Å². The molecule has 106 valence electrons. The number of pyridine rings is 1. The Morgan fingerprint density at radius 3 is 2.79 bits per heavy atom. The van der Waals surface area contributed by atoms with Gasteiger partial charge in [0.15, 0.2) is 0 Å². The van der Waals surface area contributed by atoms with Crippen molar-refractivity contribution < 1.29 is 4.74 Å². The highest BCUT2D eigenvalue weighted by Crippen LogP contribution is 2.21. The van der Waals surface area contributed by atoms with E-state index >= 15 is 0 Å². The van der Waals surface area contributed by atoms with Gasteiger partial charge >= 0.3 is 0 Å². The summed E-state index contributed by atoms with van der Waals surface area (Å²) < 4.78 is 5.05. The number of anilines is 1. The molecular formula is C15H25N3O. The van der Waals surface area contributed by atoms with E-state index in [9.17, 15) is 0 Å². The number of rotatable bonds is 6. The van der Waals surface area contributed by atoms with Crippen LogP contribution in [0.4, 0.5) is 5.82 Å². The van der Waals surface area contributed by atoms with Crippen molar-refractivity contribution in [1.82, 2.24) is 10.3 Å². The van der Waals surface area contributed by atoms with Crippen LogP contribution in [0.25, 0.3) is 0 Å². The Morgan fingerprint density at radius 1 is 1.26 bits per heavy atom. The number of hydrogen-bond donors (Lipinski definition) is 1. The Labute approximate surface area is 116 Å². The highest BCUT2D eigenvalue weighted by molar-refractivity contribution is 5.46. The average Bonchev–Trinajstić information content (AvgIpc) is 2.73. The van der Waals surface area contributed by atoms with Crippen LogP contribution in [0.15, 0.2) is 18.3 Å². The van der Waals surface area contributed by atoms with E-state index in [1.54, 1.807) is 7.11 Å². The highest BCUT2D eigenvalue weighted by Gasteiger charge is 2.14. The van der Waals surface area contributed by atoms with Gasteiger partial charge in [-0.3, -0.25) is 0 Å². The fraction of sp³-hybridized carbons (Fsp3) is 0.667. The van der Waals surface area contributed by atoms with E-state index in [2.05, 4.69) is 21.3 Å². The van der Waals surface area contributed by atoms with Gasteiger partial charge in [0, 0.05) is 45.0 Å². The Kier molecular flexibility index (Phi) is 6.11. The van der Waals surface area contributed by atoms with Crippen LogP contribution in [0.2, 0.25) is 0 Å². The lowest BCUT2D eigenvalue weighted by molar-refractivity contribution is 0.199. The van der Waals surface area contributed by atoms with Crippen LogP contribution in [0.1, 0.15) is 31.2 Å². The van der Waals surface area contributed by atoms with Crippen molar-refractivity contribution in [2.24, 2.45) is 0 Å². The molecule has 0 aliphatic carbocycles. The maximum atomic E-state index is 5.05. The van der Waals surface area contributed by atoms with Gasteiger partial charge in [-0.2, -0.15) is 0 Å². The number of ether oxygens (including phenoxy) is 1. The van der Waals surface area contributed by atoms with E-state index in [1.165, 1.54) is 31.2 Å². The maximum absolute atomic E-state index is 5.05. The summed E-state index contributed by atoms with van der Waals surface area (Å²) >= 11 is 0. The van der Waals surface area contributed by atoms with Crippen LogP contribution >= 0.6 is 0 Å². The summed E-state index contributed by atoms with van der Waals surface area (Å²) in [6, 6.07) is 4.20. The maximum Gasteiger partial charge on any atom is 0.133 e. The highest BCUT2D eigenvalue weighted by atomic mass is 16.5. The molecule has 0 bridgehead atoms. The first-order valence-electron chi connectivity index (χ1n) is 7.30. The van der Waals surface area contributed by atoms with E-state index in [-0.39, 0.29) is 0 Å². The van der Waals surface area contributed by atoms with Crippen molar-refractivity contribution in [3.63, 3.8) is 0 Å². The largest absolute Gasteiger partial charge is 0.383 e. The predicted molar refractivity (Wildman–Crippen MR) is 78.5 cm³/mol. The monoisotopic (exact) mass is 263 g/mol. The molecule has 0 atom stereocenters. The molecule has 1 aliphatic heterocycles. The predicted octanol–water partition coefficient (Wildman–Crippen LogP) is 2.20. The van der Waals surface area contributed by atoms with Crippen molar-refractivity contribution in [2.45, 2.75) is 32.2 Å². The second kappa shape index (κ2) is 8.12. The first-order valence-corrected chi connectivity index (χ1v) is 7.30. The van der Waals surface area contributed by atoms with Gasteiger partial charge in [0.1, 0.15) is 5.82 Å². The van der Waals surface area contributed by atoms with Crippen molar-refractivity contribution >= 4 is 5.82 Å². The van der Waals surface area contributed by atoms with E-state index in [0.29, 0.717) is 0 Å². The molecule has 1 aromatic rings. The lowest BCUT2D eigenvalue weighted by Gasteiger charge is -2.24. The second-order valence-corrected chi connectivity index (χ2v) is 5.06. The minimum absolute atomic E-state index is 0.749. The van der Waals surface area contributed by atoms with Crippen molar-refractivity contribution in [3.8, 4) is 0 Å². The molecular weight excluding hydrogens is 238 g/mol. The van der Waals surface area contributed by atoms with Gasteiger partial charge in [-0.15, -0.1) is 0 Å². The van der Waals surface area contributed by atoms with Crippen LogP contribution < -0.4 is 10.2 Å². The quantitative estimate of drug-likeness (QED) is 0.798. The number of nitrogens with one attached hydrogen (secondary N) is 1. The molecule has 1 aliphatic rings. The van der Waals surface area contributed by atoms with Gasteiger partial charge < -0.3 is 15.0 Å². The summed E-state index contributed by atoms with van der Waals surface area (Å²) in [7, 11) is 1.73. The van der Waals surface area contributed by atoms with Gasteiger partial charge in [-0.25, -0.2) is 4.98 Å². The molecule has 0 saturated carbocycles. The molecule has 1 fully saturated rings. The summed E-state index contributed by atoms with van der Waals surface area (Å²) in [5.74, 6) is 1.16. The summed E-state index contributed by atoms with van der Waals surface area (Å²) in [6.45, 7) is 4.78. The normalized spacial score (nSPS) is 16.4. The van der Waals surface area contributed by atoms with Crippen LogP contribution in [-0.2, 0) is 11.3 Å².